The Balaban J connectivity index is 2.03. The summed E-state index contributed by atoms with van der Waals surface area (Å²) in [7, 11) is -0.330. The van der Waals surface area contributed by atoms with Crippen molar-refractivity contribution in [3.63, 3.8) is 0 Å². The summed E-state index contributed by atoms with van der Waals surface area (Å²) in [6.45, 7) is 2.21. The Morgan fingerprint density at radius 3 is 2.30 bits per heavy atom. The predicted molar refractivity (Wildman–Crippen MR) is 89.6 cm³/mol. The van der Waals surface area contributed by atoms with Gasteiger partial charge in [-0.1, -0.05) is 23.8 Å². The molecule has 23 heavy (non-hydrogen) atoms. The molecule has 1 N–H and O–H groups in total. The lowest BCUT2D eigenvalue weighted by molar-refractivity contribution is 0.391. The molecule has 0 aliphatic carbocycles. The van der Waals surface area contributed by atoms with Gasteiger partial charge < -0.3 is 9.47 Å². The van der Waals surface area contributed by atoms with Crippen molar-refractivity contribution in [1.29, 1.82) is 0 Å². The Morgan fingerprint density at radius 1 is 1.00 bits per heavy atom. The second kappa shape index (κ2) is 7.48. The van der Waals surface area contributed by atoms with Crippen molar-refractivity contribution in [2.24, 2.45) is 0 Å². The molecule has 0 radical (unpaired) electrons. The van der Waals surface area contributed by atoms with E-state index < -0.39 is 10.0 Å². The van der Waals surface area contributed by atoms with Gasteiger partial charge in [0.2, 0.25) is 10.0 Å². The predicted octanol–water partition coefficient (Wildman–Crippen LogP) is 2.53. The maximum absolute atomic E-state index is 12.2. The van der Waals surface area contributed by atoms with E-state index in [0.29, 0.717) is 24.5 Å². The smallest absolute Gasteiger partial charge is 0.240 e. The highest BCUT2D eigenvalue weighted by atomic mass is 32.2. The van der Waals surface area contributed by atoms with Gasteiger partial charge in [-0.05, 0) is 37.1 Å². The van der Waals surface area contributed by atoms with Crippen LogP contribution in [-0.2, 0) is 16.4 Å². The van der Waals surface area contributed by atoms with E-state index >= 15 is 0 Å². The molecule has 0 aliphatic heterocycles. The molecule has 2 rings (SSSR count). The van der Waals surface area contributed by atoms with Crippen molar-refractivity contribution in [1.82, 2.24) is 4.72 Å². The first-order chi connectivity index (χ1) is 11.0. The number of ether oxygens (including phenoxy) is 2. The summed E-state index contributed by atoms with van der Waals surface area (Å²) >= 11 is 0. The van der Waals surface area contributed by atoms with Crippen molar-refractivity contribution in [2.75, 3.05) is 20.8 Å². The number of hydrogen-bond acceptors (Lipinski definition) is 4. The zero-order valence-corrected chi connectivity index (χ0v) is 14.3. The number of sulfonamides is 1. The maximum Gasteiger partial charge on any atom is 0.240 e. The number of methoxy groups -OCH3 is 2. The third kappa shape index (κ3) is 4.46. The lowest BCUT2D eigenvalue weighted by Gasteiger charge is -2.11. The molecule has 124 valence electrons. The molecule has 0 amide bonds. The van der Waals surface area contributed by atoms with Crippen molar-refractivity contribution in [2.45, 2.75) is 18.2 Å². The Labute approximate surface area is 137 Å². The monoisotopic (exact) mass is 335 g/mol. The molecule has 0 aliphatic rings. The van der Waals surface area contributed by atoms with Crippen LogP contribution in [0.5, 0.6) is 11.5 Å². The van der Waals surface area contributed by atoms with Gasteiger partial charge in [0.05, 0.1) is 19.1 Å². The van der Waals surface area contributed by atoms with E-state index in [1.807, 2.05) is 19.1 Å². The zero-order chi connectivity index (χ0) is 16.9. The molecular formula is C17H21NO4S. The van der Waals surface area contributed by atoms with Crippen LogP contribution in [0.15, 0.2) is 47.4 Å². The van der Waals surface area contributed by atoms with Gasteiger partial charge in [-0.3, -0.25) is 0 Å². The fourth-order valence-corrected chi connectivity index (χ4v) is 3.21. The van der Waals surface area contributed by atoms with Crippen molar-refractivity contribution in [3.8, 4) is 11.5 Å². The van der Waals surface area contributed by atoms with Gasteiger partial charge in [-0.2, -0.15) is 0 Å². The molecule has 0 saturated carbocycles. The average molecular weight is 335 g/mol. The molecule has 0 atom stereocenters. The van der Waals surface area contributed by atoms with E-state index in [9.17, 15) is 8.42 Å². The normalized spacial score (nSPS) is 11.3. The van der Waals surface area contributed by atoms with Gasteiger partial charge >= 0.3 is 0 Å². The fourth-order valence-electron chi connectivity index (χ4n) is 2.18. The number of nitrogens with one attached hydrogen (secondary N) is 1. The summed E-state index contributed by atoms with van der Waals surface area (Å²) < 4.78 is 37.5. The van der Waals surface area contributed by atoms with Gasteiger partial charge in [0.15, 0.2) is 0 Å². The first kappa shape index (κ1) is 17.3. The standard InChI is InChI=1S/C17H21NO4S/c1-13-4-8-16(9-5-13)23(19,20)18-11-10-14-6-7-15(21-2)12-17(14)22-3/h4-9,12,18H,10-11H2,1-3H3. The van der Waals surface area contributed by atoms with E-state index in [1.165, 1.54) is 0 Å². The highest BCUT2D eigenvalue weighted by Crippen LogP contribution is 2.24. The number of benzene rings is 2. The van der Waals surface area contributed by atoms with E-state index in [1.54, 1.807) is 44.6 Å². The van der Waals surface area contributed by atoms with E-state index in [0.717, 1.165) is 11.1 Å². The second-order valence-electron chi connectivity index (χ2n) is 5.14. The molecular weight excluding hydrogens is 314 g/mol. The molecule has 0 fully saturated rings. The average Bonchev–Trinajstić information content (AvgIpc) is 2.55. The Morgan fingerprint density at radius 2 is 1.70 bits per heavy atom. The Kier molecular flexibility index (Phi) is 5.63. The highest BCUT2D eigenvalue weighted by Gasteiger charge is 2.13. The highest BCUT2D eigenvalue weighted by molar-refractivity contribution is 7.89. The van der Waals surface area contributed by atoms with E-state index in [4.69, 9.17) is 9.47 Å². The summed E-state index contributed by atoms with van der Waals surface area (Å²) in [5.41, 5.74) is 1.94. The van der Waals surface area contributed by atoms with Crippen LogP contribution in [0.25, 0.3) is 0 Å². The lowest BCUT2D eigenvalue weighted by atomic mass is 10.1. The molecule has 5 nitrogen and oxygen atoms in total. The van der Waals surface area contributed by atoms with Crippen LogP contribution < -0.4 is 14.2 Å². The quantitative estimate of drug-likeness (QED) is 0.844. The summed E-state index contributed by atoms with van der Waals surface area (Å²) in [6.07, 6.45) is 0.526. The SMILES string of the molecule is COc1ccc(CCNS(=O)(=O)c2ccc(C)cc2)c(OC)c1. The third-order valence-corrected chi connectivity index (χ3v) is 4.99. The van der Waals surface area contributed by atoms with Crippen LogP contribution in [-0.4, -0.2) is 29.2 Å². The summed E-state index contributed by atoms with van der Waals surface area (Å²) in [4.78, 5) is 0.268. The molecule has 0 bridgehead atoms. The van der Waals surface area contributed by atoms with Crippen LogP contribution in [0.3, 0.4) is 0 Å². The molecule has 0 spiro atoms. The van der Waals surface area contributed by atoms with Crippen LogP contribution in [0.1, 0.15) is 11.1 Å². The van der Waals surface area contributed by atoms with Gasteiger partial charge in [-0.25, -0.2) is 13.1 Å². The largest absolute Gasteiger partial charge is 0.497 e. The van der Waals surface area contributed by atoms with Crippen LogP contribution in [0.4, 0.5) is 0 Å². The van der Waals surface area contributed by atoms with Gasteiger partial charge in [0, 0.05) is 12.6 Å². The van der Waals surface area contributed by atoms with Gasteiger partial charge in [0.25, 0.3) is 0 Å². The number of aryl methyl sites for hydroxylation is 1. The van der Waals surface area contributed by atoms with Crippen LogP contribution >= 0.6 is 0 Å². The summed E-state index contributed by atoms with van der Waals surface area (Å²) in [6, 6.07) is 12.2. The minimum absolute atomic E-state index is 0.268. The van der Waals surface area contributed by atoms with E-state index in [2.05, 4.69) is 4.72 Å². The summed E-state index contributed by atoms with van der Waals surface area (Å²) in [5.74, 6) is 1.38. The third-order valence-electron chi connectivity index (χ3n) is 3.51. The molecule has 0 aromatic heterocycles. The van der Waals surface area contributed by atoms with Crippen molar-refractivity contribution < 1.29 is 17.9 Å². The number of hydrogen-bond donors (Lipinski definition) is 1. The topological polar surface area (TPSA) is 64.6 Å². The zero-order valence-electron chi connectivity index (χ0n) is 13.5. The lowest BCUT2D eigenvalue weighted by Crippen LogP contribution is -2.26. The first-order valence-electron chi connectivity index (χ1n) is 7.23. The van der Waals surface area contributed by atoms with Crippen LogP contribution in [0.2, 0.25) is 0 Å². The molecule has 0 heterocycles. The van der Waals surface area contributed by atoms with Crippen molar-refractivity contribution in [3.05, 3.63) is 53.6 Å². The molecule has 2 aromatic carbocycles. The minimum Gasteiger partial charge on any atom is -0.497 e. The maximum atomic E-state index is 12.2. The molecule has 0 saturated heterocycles. The van der Waals surface area contributed by atoms with Gasteiger partial charge in [-0.15, -0.1) is 0 Å². The van der Waals surface area contributed by atoms with E-state index in [-0.39, 0.29) is 4.90 Å². The van der Waals surface area contributed by atoms with Crippen LogP contribution in [0, 0.1) is 6.92 Å². The Hall–Kier alpha value is -2.05. The van der Waals surface area contributed by atoms with Gasteiger partial charge in [0.1, 0.15) is 11.5 Å². The Bertz CT molecular complexity index is 755. The summed E-state index contributed by atoms with van der Waals surface area (Å²) in [5, 5.41) is 0. The molecule has 6 heteroatoms. The van der Waals surface area contributed by atoms with Crippen molar-refractivity contribution >= 4 is 10.0 Å². The number of rotatable bonds is 7. The first-order valence-corrected chi connectivity index (χ1v) is 8.72. The molecule has 2 aromatic rings. The minimum atomic E-state index is -3.50. The second-order valence-corrected chi connectivity index (χ2v) is 6.91. The fraction of sp³-hybridized carbons (Fsp3) is 0.294. The molecule has 0 unspecified atom stereocenters.